The molecule has 2 amide bonds. The van der Waals surface area contributed by atoms with Crippen LogP contribution in [0.5, 0.6) is 0 Å². The van der Waals surface area contributed by atoms with Crippen molar-refractivity contribution in [3.8, 4) is 0 Å². The van der Waals surface area contributed by atoms with Crippen molar-refractivity contribution in [2.24, 2.45) is 5.73 Å². The quantitative estimate of drug-likeness (QED) is 0.891. The van der Waals surface area contributed by atoms with Crippen molar-refractivity contribution in [3.63, 3.8) is 0 Å². The van der Waals surface area contributed by atoms with E-state index in [4.69, 9.17) is 5.73 Å². The van der Waals surface area contributed by atoms with Crippen molar-refractivity contribution in [2.45, 2.75) is 18.9 Å². The largest absolute Gasteiger partial charge is 0.370 e. The Hall–Kier alpha value is -2.82. The average molecular weight is 309 g/mol. The fourth-order valence-electron chi connectivity index (χ4n) is 2.79. The molecule has 5 nitrogen and oxygen atoms in total. The Labute approximate surface area is 135 Å². The predicted octanol–water partition coefficient (Wildman–Crippen LogP) is 2.45. The van der Waals surface area contributed by atoms with Crippen LogP contribution in [-0.4, -0.2) is 18.4 Å². The number of hydrogen-bond donors (Lipinski definition) is 2. The van der Waals surface area contributed by atoms with Crippen LogP contribution in [0.4, 0.5) is 11.4 Å². The zero-order valence-corrected chi connectivity index (χ0v) is 12.7. The van der Waals surface area contributed by atoms with Crippen LogP contribution in [0.1, 0.15) is 24.4 Å². The molecule has 2 aromatic carbocycles. The number of nitrogens with zero attached hydrogens (tertiary/aromatic N) is 1. The van der Waals surface area contributed by atoms with Gasteiger partial charge in [0.05, 0.1) is 0 Å². The number of nitrogens with one attached hydrogen (secondary N) is 1. The third-order valence-corrected chi connectivity index (χ3v) is 3.98. The lowest BCUT2D eigenvalue weighted by Crippen LogP contribution is -2.27. The molecule has 1 saturated heterocycles. The zero-order chi connectivity index (χ0) is 16.2. The summed E-state index contributed by atoms with van der Waals surface area (Å²) in [5.74, 6) is -0.278. The molecule has 0 spiro atoms. The lowest BCUT2D eigenvalue weighted by Gasteiger charge is -2.19. The molecule has 118 valence electrons. The number of carbonyl (C=O) groups is 2. The summed E-state index contributed by atoms with van der Waals surface area (Å²) in [6.45, 7) is 0.763. The number of primary amides is 1. The molecule has 0 bridgehead atoms. The van der Waals surface area contributed by atoms with Gasteiger partial charge in [0.25, 0.3) is 0 Å². The van der Waals surface area contributed by atoms with E-state index in [2.05, 4.69) is 5.32 Å². The summed E-state index contributed by atoms with van der Waals surface area (Å²) in [6.07, 6.45) is 1.51. The summed E-state index contributed by atoms with van der Waals surface area (Å²) in [5, 5.41) is 3.15. The van der Waals surface area contributed by atoms with Crippen LogP contribution in [0.3, 0.4) is 0 Å². The highest BCUT2D eigenvalue weighted by molar-refractivity contribution is 5.95. The van der Waals surface area contributed by atoms with E-state index in [0.717, 1.165) is 29.9 Å². The number of carbonyl (C=O) groups excluding carboxylic acids is 2. The van der Waals surface area contributed by atoms with Gasteiger partial charge in [-0.25, -0.2) is 0 Å². The summed E-state index contributed by atoms with van der Waals surface area (Å²) in [6, 6.07) is 16.3. The summed E-state index contributed by atoms with van der Waals surface area (Å²) >= 11 is 0. The summed E-state index contributed by atoms with van der Waals surface area (Å²) in [7, 11) is 0. The van der Waals surface area contributed by atoms with E-state index in [-0.39, 0.29) is 5.91 Å². The summed E-state index contributed by atoms with van der Waals surface area (Å²) in [5.41, 5.74) is 8.00. The number of benzene rings is 2. The average Bonchev–Trinajstić information content (AvgIpc) is 3.00. The number of amides is 2. The van der Waals surface area contributed by atoms with E-state index < -0.39 is 11.9 Å². The second kappa shape index (κ2) is 6.52. The van der Waals surface area contributed by atoms with Crippen molar-refractivity contribution < 1.29 is 9.59 Å². The molecule has 0 radical (unpaired) electrons. The standard InChI is InChI=1S/C18H19N3O2/c19-18(23)17(13-5-2-1-3-6-13)20-14-8-10-15(11-9-14)21-12-4-7-16(21)22/h1-3,5-6,8-11,17,20H,4,7,12H2,(H2,19,23)/t17-/m0/s1. The molecule has 23 heavy (non-hydrogen) atoms. The first-order valence-corrected chi connectivity index (χ1v) is 7.66. The molecule has 0 aromatic heterocycles. The number of hydrogen-bond acceptors (Lipinski definition) is 3. The van der Waals surface area contributed by atoms with Crippen LogP contribution in [0, 0.1) is 0 Å². The molecule has 0 unspecified atom stereocenters. The normalized spacial score (nSPS) is 15.5. The highest BCUT2D eigenvalue weighted by Crippen LogP contribution is 2.25. The molecule has 3 N–H and O–H groups in total. The molecule has 1 aliphatic heterocycles. The maximum Gasteiger partial charge on any atom is 0.244 e. The Balaban J connectivity index is 1.76. The maximum atomic E-state index is 11.8. The Morgan fingerprint density at radius 2 is 1.78 bits per heavy atom. The van der Waals surface area contributed by atoms with Gasteiger partial charge in [-0.15, -0.1) is 0 Å². The molecule has 1 aliphatic rings. The fraction of sp³-hybridized carbons (Fsp3) is 0.222. The first-order valence-electron chi connectivity index (χ1n) is 7.66. The van der Waals surface area contributed by atoms with Gasteiger partial charge in [0.2, 0.25) is 11.8 Å². The minimum atomic E-state index is -0.588. The summed E-state index contributed by atoms with van der Waals surface area (Å²) < 4.78 is 0. The number of nitrogens with two attached hydrogens (primary N) is 1. The molecular weight excluding hydrogens is 290 g/mol. The summed E-state index contributed by atoms with van der Waals surface area (Å²) in [4.78, 5) is 25.3. The van der Waals surface area contributed by atoms with Gasteiger partial charge in [-0.2, -0.15) is 0 Å². The molecule has 5 heteroatoms. The zero-order valence-electron chi connectivity index (χ0n) is 12.7. The molecule has 2 aromatic rings. The van der Waals surface area contributed by atoms with Gasteiger partial charge in [-0.05, 0) is 36.2 Å². The van der Waals surface area contributed by atoms with E-state index in [1.165, 1.54) is 0 Å². The van der Waals surface area contributed by atoms with Gasteiger partial charge in [0.15, 0.2) is 0 Å². The van der Waals surface area contributed by atoms with Crippen molar-refractivity contribution in [1.82, 2.24) is 0 Å². The molecule has 1 heterocycles. The molecule has 3 rings (SSSR count). The van der Waals surface area contributed by atoms with E-state index >= 15 is 0 Å². The Morgan fingerprint density at radius 3 is 2.35 bits per heavy atom. The molecule has 0 aliphatic carbocycles. The molecular formula is C18H19N3O2. The second-order valence-electron chi connectivity index (χ2n) is 5.59. The Morgan fingerprint density at radius 1 is 1.09 bits per heavy atom. The van der Waals surface area contributed by atoms with E-state index in [9.17, 15) is 9.59 Å². The monoisotopic (exact) mass is 309 g/mol. The molecule has 0 saturated carbocycles. The minimum Gasteiger partial charge on any atom is -0.370 e. The first-order chi connectivity index (χ1) is 11.1. The van der Waals surface area contributed by atoms with E-state index in [1.807, 2.05) is 54.6 Å². The first kappa shape index (κ1) is 15.1. The number of rotatable bonds is 5. The minimum absolute atomic E-state index is 0.157. The van der Waals surface area contributed by atoms with Gasteiger partial charge in [-0.3, -0.25) is 9.59 Å². The van der Waals surface area contributed by atoms with E-state index in [0.29, 0.717) is 6.42 Å². The van der Waals surface area contributed by atoms with Crippen molar-refractivity contribution in [3.05, 3.63) is 60.2 Å². The second-order valence-corrected chi connectivity index (χ2v) is 5.59. The van der Waals surface area contributed by atoms with Gasteiger partial charge < -0.3 is 16.0 Å². The van der Waals surface area contributed by atoms with Crippen molar-refractivity contribution in [1.29, 1.82) is 0 Å². The smallest absolute Gasteiger partial charge is 0.244 e. The Bertz CT molecular complexity index is 698. The third kappa shape index (κ3) is 3.34. The Kier molecular flexibility index (Phi) is 4.28. The van der Waals surface area contributed by atoms with Crippen LogP contribution in [0.25, 0.3) is 0 Å². The molecule has 1 fully saturated rings. The highest BCUT2D eigenvalue weighted by atomic mass is 16.2. The fourth-order valence-corrected chi connectivity index (χ4v) is 2.79. The maximum absolute atomic E-state index is 11.8. The third-order valence-electron chi connectivity index (χ3n) is 3.98. The lowest BCUT2D eigenvalue weighted by molar-refractivity contribution is -0.119. The van der Waals surface area contributed by atoms with Crippen molar-refractivity contribution in [2.75, 3.05) is 16.8 Å². The topological polar surface area (TPSA) is 75.4 Å². The van der Waals surface area contributed by atoms with Gasteiger partial charge in [0.1, 0.15) is 6.04 Å². The van der Waals surface area contributed by atoms with Crippen LogP contribution in [0.15, 0.2) is 54.6 Å². The SMILES string of the molecule is NC(=O)[C@@H](Nc1ccc(N2CCCC2=O)cc1)c1ccccc1. The van der Waals surface area contributed by atoms with E-state index in [1.54, 1.807) is 4.90 Å². The highest BCUT2D eigenvalue weighted by Gasteiger charge is 2.22. The molecule has 1 atom stereocenters. The number of anilines is 2. The van der Waals surface area contributed by atoms with Gasteiger partial charge in [-0.1, -0.05) is 30.3 Å². The lowest BCUT2D eigenvalue weighted by atomic mass is 10.1. The van der Waals surface area contributed by atoms with Crippen LogP contribution < -0.4 is 16.0 Å². The van der Waals surface area contributed by atoms with Crippen molar-refractivity contribution >= 4 is 23.2 Å². The van der Waals surface area contributed by atoms with Gasteiger partial charge in [0, 0.05) is 24.3 Å². The predicted molar refractivity (Wildman–Crippen MR) is 90.0 cm³/mol. The van der Waals surface area contributed by atoms with Crippen LogP contribution in [-0.2, 0) is 9.59 Å². The van der Waals surface area contributed by atoms with Gasteiger partial charge >= 0.3 is 0 Å². The van der Waals surface area contributed by atoms with Crippen LogP contribution >= 0.6 is 0 Å². The van der Waals surface area contributed by atoms with Crippen LogP contribution in [0.2, 0.25) is 0 Å².